The maximum atomic E-state index is 5.71. The molecule has 32 rings (SSSR count). The summed E-state index contributed by atoms with van der Waals surface area (Å²) < 4.78 is 18.8. The van der Waals surface area contributed by atoms with Crippen LogP contribution in [0.2, 0.25) is 0 Å². The van der Waals surface area contributed by atoms with Crippen LogP contribution < -0.4 is 0 Å². The Balaban J connectivity index is 0.000000134. The smallest absolute Gasteiger partial charge is 0.238 e. The van der Waals surface area contributed by atoms with Crippen LogP contribution in [0.3, 0.4) is 0 Å². The number of benzene rings is 22. The van der Waals surface area contributed by atoms with Crippen molar-refractivity contribution in [3.8, 4) is 91.1 Å². The fourth-order valence-corrected chi connectivity index (χ4v) is 24.3. The largest absolute Gasteiger partial charge is 0.309 e. The third-order valence-corrected chi connectivity index (χ3v) is 30.8. The summed E-state index contributed by atoms with van der Waals surface area (Å²) >= 11 is 0. The van der Waals surface area contributed by atoms with Gasteiger partial charge in [0.05, 0.1) is 99.7 Å². The van der Waals surface area contributed by atoms with Crippen LogP contribution in [0.1, 0.15) is 0 Å². The van der Waals surface area contributed by atoms with Crippen molar-refractivity contribution in [3.63, 3.8) is 0 Å². The van der Waals surface area contributed by atoms with E-state index in [0.29, 0.717) is 11.9 Å². The van der Waals surface area contributed by atoms with E-state index in [2.05, 4.69) is 546 Å². The second kappa shape index (κ2) is 32.7. The van der Waals surface area contributed by atoms with Crippen LogP contribution in [-0.4, -0.2) is 56.5 Å². The average Bonchev–Trinajstić information content (AvgIpc) is 1.53. The number of para-hydroxylation sites is 12. The van der Waals surface area contributed by atoms with E-state index in [1.54, 1.807) is 0 Å². The molecule has 0 saturated heterocycles. The van der Waals surface area contributed by atoms with Crippen LogP contribution in [0, 0.1) is 0 Å². The van der Waals surface area contributed by atoms with E-state index in [1.165, 1.54) is 120 Å². The fraction of sp³-hybridized carbons (Fsp3) is 0. The molecule has 32 aromatic rings. The van der Waals surface area contributed by atoms with Crippen LogP contribution in [0.15, 0.2) is 510 Å². The van der Waals surface area contributed by atoms with Crippen molar-refractivity contribution in [2.75, 3.05) is 0 Å². The van der Waals surface area contributed by atoms with Gasteiger partial charge in [-0.15, -0.1) is 0 Å². The lowest BCUT2D eigenvalue weighted by Crippen LogP contribution is -2.10. The Hall–Kier alpha value is -20.1. The van der Waals surface area contributed by atoms with Gasteiger partial charge in [-0.2, -0.15) is 9.97 Å². The van der Waals surface area contributed by atoms with Gasteiger partial charge in [0.25, 0.3) is 0 Å². The van der Waals surface area contributed by atoms with E-state index in [9.17, 15) is 0 Å². The van der Waals surface area contributed by atoms with Crippen LogP contribution in [0.4, 0.5) is 0 Å². The molecule has 0 spiro atoms. The monoisotopic (exact) mass is 1880 g/mol. The minimum absolute atomic E-state index is 0.578. The lowest BCUT2D eigenvalue weighted by Gasteiger charge is -2.15. The molecule has 0 bridgehead atoms. The van der Waals surface area contributed by atoms with Crippen molar-refractivity contribution in [1.29, 1.82) is 0 Å². The minimum atomic E-state index is 0.578. The van der Waals surface area contributed by atoms with Crippen molar-refractivity contribution in [2.45, 2.75) is 0 Å². The third kappa shape index (κ3) is 12.7. The van der Waals surface area contributed by atoms with E-state index in [4.69, 9.17) is 19.9 Å². The van der Waals surface area contributed by atoms with Gasteiger partial charge in [0.2, 0.25) is 11.9 Å². The first-order valence-electron chi connectivity index (χ1n) is 50.5. The Kier molecular flexibility index (Phi) is 18.3. The van der Waals surface area contributed by atoms with E-state index < -0.39 is 0 Å². The van der Waals surface area contributed by atoms with Crippen molar-refractivity contribution < 1.29 is 0 Å². The quantitative estimate of drug-likeness (QED) is 0.122. The first kappa shape index (κ1) is 82.6. The molecule has 10 heterocycles. The molecule has 22 aromatic carbocycles. The zero-order chi connectivity index (χ0) is 96.9. The van der Waals surface area contributed by atoms with Crippen molar-refractivity contribution in [2.24, 2.45) is 0 Å². The molecule has 0 aliphatic rings. The Morgan fingerprint density at radius 2 is 0.338 bits per heavy atom. The molecule has 0 aliphatic carbocycles. The summed E-state index contributed by atoms with van der Waals surface area (Å²) in [5.41, 5.74) is 30.7. The predicted molar refractivity (Wildman–Crippen MR) is 616 cm³/mol. The Morgan fingerprint density at radius 3 is 0.649 bits per heavy atom. The Bertz CT molecular complexity index is 10700. The van der Waals surface area contributed by atoms with Gasteiger partial charge in [-0.1, -0.05) is 328 Å². The minimum Gasteiger partial charge on any atom is -0.309 e. The third-order valence-electron chi connectivity index (χ3n) is 30.8. The SMILES string of the molecule is c1ccc(-n2c3ccccc3c3cc(-c4ccc5c(c4)c4cc(-n6c7ccccc7c7ccccc76)ccc4n5-c4nc(-c5cccc6ccccc56)cc(-c5cccc6ccccc56)n4)ccc32)cc1.c1ccc(-n2c3ccccc3c3cc(-c4ccc5c(c4)c4cc(-n6c7ccccc7c7ccccc76)ccc4n5-c4nc(-n5c6ccccc6c6ccccc65)cc(-n5c6ccccc6c6ccccc65)n4)ccc32)cc1. The maximum Gasteiger partial charge on any atom is 0.238 e. The summed E-state index contributed by atoms with van der Waals surface area (Å²) in [6, 6.07) is 184. The van der Waals surface area contributed by atoms with Crippen LogP contribution in [-0.2, 0) is 0 Å². The van der Waals surface area contributed by atoms with Gasteiger partial charge in [-0.25, -0.2) is 9.97 Å². The number of aromatic nitrogens is 12. The predicted octanol–water partition coefficient (Wildman–Crippen LogP) is 34.7. The highest BCUT2D eigenvalue weighted by Crippen LogP contribution is 2.48. The first-order chi connectivity index (χ1) is 73.4. The molecule has 0 aliphatic heterocycles. The van der Waals surface area contributed by atoms with Gasteiger partial charge in [-0.3, -0.25) is 18.3 Å². The molecule has 10 aromatic heterocycles. The summed E-state index contributed by atoms with van der Waals surface area (Å²) in [6.45, 7) is 0. The second-order valence-electron chi connectivity index (χ2n) is 38.7. The van der Waals surface area contributed by atoms with Crippen LogP contribution in [0.25, 0.3) is 287 Å². The zero-order valence-electron chi connectivity index (χ0n) is 79.9. The summed E-state index contributed by atoms with van der Waals surface area (Å²) in [7, 11) is 0. The van der Waals surface area contributed by atoms with Gasteiger partial charge in [0.1, 0.15) is 11.6 Å². The molecular weight excluding hydrogens is 1800 g/mol. The summed E-state index contributed by atoms with van der Waals surface area (Å²) in [6.07, 6.45) is 0. The number of fused-ring (bicyclic) bond motifs is 26. The van der Waals surface area contributed by atoms with Crippen LogP contribution >= 0.6 is 0 Å². The highest BCUT2D eigenvalue weighted by molar-refractivity contribution is 6.19. The lowest BCUT2D eigenvalue weighted by molar-refractivity contribution is 0.918. The molecule has 0 fully saturated rings. The molecule has 688 valence electrons. The van der Waals surface area contributed by atoms with Crippen LogP contribution in [0.5, 0.6) is 0 Å². The van der Waals surface area contributed by atoms with E-state index in [-0.39, 0.29) is 0 Å². The van der Waals surface area contributed by atoms with Gasteiger partial charge >= 0.3 is 0 Å². The molecule has 148 heavy (non-hydrogen) atoms. The molecule has 0 atom stereocenters. The molecular formula is C136H84N12. The average molecular weight is 1890 g/mol. The van der Waals surface area contributed by atoms with Gasteiger partial charge in [-0.05, 0) is 220 Å². The van der Waals surface area contributed by atoms with E-state index in [0.717, 1.165) is 156 Å². The Labute approximate surface area is 847 Å². The molecule has 0 radical (unpaired) electrons. The highest BCUT2D eigenvalue weighted by atomic mass is 15.2. The summed E-state index contributed by atoms with van der Waals surface area (Å²) in [5, 5.41) is 23.6. The van der Waals surface area contributed by atoms with Gasteiger partial charge in [0.15, 0.2) is 0 Å². The van der Waals surface area contributed by atoms with Crippen molar-refractivity contribution in [3.05, 3.63) is 510 Å². The fourth-order valence-electron chi connectivity index (χ4n) is 24.3. The molecule has 12 heteroatoms. The first-order valence-corrected chi connectivity index (χ1v) is 50.5. The normalized spacial score (nSPS) is 12.1. The highest BCUT2D eigenvalue weighted by Gasteiger charge is 2.28. The number of hydrogen-bond donors (Lipinski definition) is 0. The molecule has 0 N–H and O–H groups in total. The lowest BCUT2D eigenvalue weighted by atomic mass is 9.99. The summed E-state index contributed by atoms with van der Waals surface area (Å²) in [5.74, 6) is 2.75. The standard InChI is InChI=1S/C70H43N7.C66H41N5/c1-2-18-46(19-3-1)73-60-29-13-10-26-54(60)55-40-44(34-37-65(55)73)45-35-38-66-56(41-45)57-42-47(74-58-27-11-4-20-48(58)49-21-5-12-28-59(49)74)36-39-67(57)77(66)70-71-68(75-61-30-14-6-22-50(61)51-23-7-15-31-62(51)75)43-69(72-70)76-63-32-16-8-24-52(63)53-25-9-17-33-64(53)76;1-2-20-46(21-3-1)69-62-31-13-10-26-54(62)55-38-44(32-35-63(55)69)45-33-36-64-56(39-45)57-40-47(70-60-29-11-8-24-52(60)53-25-9-12-30-61(53)70)34-37-65(57)71(64)66-67-58(50-27-14-18-42-16-4-6-22-48(42)50)41-59(68-66)51-28-15-19-43-17-5-7-23-49(43)51/h1-43H;1-41H. The van der Waals surface area contributed by atoms with Gasteiger partial charge < -0.3 is 18.3 Å². The van der Waals surface area contributed by atoms with Crippen molar-refractivity contribution >= 4 is 196 Å². The molecule has 12 nitrogen and oxygen atoms in total. The topological polar surface area (TPSA) is 91.0 Å². The van der Waals surface area contributed by atoms with E-state index in [1.807, 2.05) is 0 Å². The molecule has 0 amide bonds. The van der Waals surface area contributed by atoms with Gasteiger partial charge in [0, 0.05) is 126 Å². The Morgan fingerprint density at radius 1 is 0.122 bits per heavy atom. The molecule has 0 unspecified atom stereocenters. The summed E-state index contributed by atoms with van der Waals surface area (Å²) in [4.78, 5) is 22.6. The van der Waals surface area contributed by atoms with Crippen molar-refractivity contribution in [1.82, 2.24) is 56.5 Å². The van der Waals surface area contributed by atoms with E-state index >= 15 is 0 Å². The number of nitrogens with zero attached hydrogens (tertiary/aromatic N) is 12. The number of rotatable bonds is 12. The number of hydrogen-bond acceptors (Lipinski definition) is 4. The zero-order valence-corrected chi connectivity index (χ0v) is 79.9. The second-order valence-corrected chi connectivity index (χ2v) is 38.7. The molecule has 0 saturated carbocycles. The maximum absolute atomic E-state index is 5.71.